The van der Waals surface area contributed by atoms with Crippen molar-refractivity contribution in [3.05, 3.63) is 0 Å². The van der Waals surface area contributed by atoms with Crippen LogP contribution in [0.2, 0.25) is 0 Å². The highest BCUT2D eigenvalue weighted by atomic mass is 31.2. The topological polar surface area (TPSA) is 153 Å². The molecule has 0 amide bonds. The minimum atomic E-state index is -3.57. The fourth-order valence-electron chi connectivity index (χ4n) is 4.92. The van der Waals surface area contributed by atoms with Gasteiger partial charge in [-0.3, -0.25) is 32.8 Å². The zero-order chi connectivity index (χ0) is 47.1. The number of hydrogen-bond donors (Lipinski definition) is 1. The molecule has 0 unspecified atom stereocenters. The molecule has 0 heterocycles. The number of nitrogens with one attached hydrogen (secondary N) is 1. The summed E-state index contributed by atoms with van der Waals surface area (Å²) in [5.41, 5.74) is -0.252. The van der Waals surface area contributed by atoms with Gasteiger partial charge >= 0.3 is 31.5 Å². The molecule has 358 valence electrons. The number of unbranched alkanes of at least 4 members (excludes halogenated alkanes) is 6. The number of hydrogen-bond acceptors (Lipinski definition) is 12. The maximum Gasteiger partial charge on any atom is 0.336 e. The molecular formula is C47H94NO11P. The van der Waals surface area contributed by atoms with Crippen molar-refractivity contribution in [2.24, 2.45) is 27.1 Å². The number of carbonyl (C=O) groups excluding carboxylic acids is 4. The van der Waals surface area contributed by atoms with Gasteiger partial charge < -0.3 is 24.3 Å². The van der Waals surface area contributed by atoms with E-state index in [9.17, 15) is 23.7 Å². The average Bonchev–Trinajstić information content (AvgIpc) is 3.08. The van der Waals surface area contributed by atoms with E-state index < -0.39 is 44.0 Å². The molecular weight excluding hydrogens is 785 g/mol. The first kappa shape index (κ1) is 62.3. The molecule has 0 aliphatic carbocycles. The summed E-state index contributed by atoms with van der Waals surface area (Å²) in [7, 11) is -3.57. The largest absolute Gasteiger partial charge is 0.466 e. The van der Waals surface area contributed by atoms with Gasteiger partial charge in [-0.15, -0.1) is 0 Å². The standard InChI is InChI=1S/C22H43O7P.C13H26O2.C12H25NO2/c1-20(2,3)14-12-10-11-13-15-30(25,28-16-26-18(23)21(4,5)6)29-17-27-19(24)22(7,8)9;1-5-15-12(14)10-8-6-7-9-11-13(2,3)4;1-5-15-11(14)7-6-9-13-10-8-12(2,3)4/h10-17H2,1-9H3;5-11H2,1-4H3;13H,5-10H2,1-4H3. The highest BCUT2D eigenvalue weighted by Gasteiger charge is 2.29. The number of esters is 4. The van der Waals surface area contributed by atoms with Crippen LogP contribution in [0.15, 0.2) is 0 Å². The zero-order valence-electron chi connectivity index (χ0n) is 41.8. The molecule has 0 spiro atoms. The van der Waals surface area contributed by atoms with Gasteiger partial charge in [-0.05, 0) is 123 Å². The molecule has 0 atom stereocenters. The summed E-state index contributed by atoms with van der Waals surface area (Å²) >= 11 is 0. The first-order chi connectivity index (χ1) is 27.4. The van der Waals surface area contributed by atoms with Gasteiger partial charge in [0, 0.05) is 12.8 Å². The van der Waals surface area contributed by atoms with E-state index in [-0.39, 0.29) is 18.1 Å². The lowest BCUT2D eigenvalue weighted by atomic mass is 9.89. The van der Waals surface area contributed by atoms with Crippen molar-refractivity contribution in [3.63, 3.8) is 0 Å². The van der Waals surface area contributed by atoms with Gasteiger partial charge in [0.05, 0.1) is 30.2 Å². The minimum absolute atomic E-state index is 0.0479. The zero-order valence-corrected chi connectivity index (χ0v) is 42.7. The Hall–Kier alpha value is -2.01. The predicted octanol–water partition coefficient (Wildman–Crippen LogP) is 12.6. The Morgan fingerprint density at radius 1 is 0.450 bits per heavy atom. The second-order valence-electron chi connectivity index (χ2n) is 21.2. The second kappa shape index (κ2) is 32.6. The molecule has 0 aromatic heterocycles. The smallest absolute Gasteiger partial charge is 0.336 e. The highest BCUT2D eigenvalue weighted by molar-refractivity contribution is 7.53. The summed E-state index contributed by atoms with van der Waals surface area (Å²) in [6, 6.07) is 0. The van der Waals surface area contributed by atoms with Crippen molar-refractivity contribution < 1.29 is 51.7 Å². The van der Waals surface area contributed by atoms with Crippen LogP contribution in [0.5, 0.6) is 0 Å². The predicted molar refractivity (Wildman–Crippen MR) is 245 cm³/mol. The second-order valence-corrected chi connectivity index (χ2v) is 23.4. The van der Waals surface area contributed by atoms with E-state index in [0.29, 0.717) is 48.7 Å². The van der Waals surface area contributed by atoms with Crippen molar-refractivity contribution >= 4 is 31.5 Å². The molecule has 0 fully saturated rings. The van der Waals surface area contributed by atoms with Crippen molar-refractivity contribution in [1.29, 1.82) is 0 Å². The Morgan fingerprint density at radius 2 is 0.817 bits per heavy atom. The van der Waals surface area contributed by atoms with Crippen LogP contribution in [0.3, 0.4) is 0 Å². The molecule has 0 saturated heterocycles. The molecule has 1 N–H and O–H groups in total. The molecule has 0 saturated carbocycles. The molecule has 60 heavy (non-hydrogen) atoms. The molecule has 0 radical (unpaired) electrons. The molecule has 0 aliphatic rings. The summed E-state index contributed by atoms with van der Waals surface area (Å²) in [4.78, 5) is 45.7. The maximum absolute atomic E-state index is 13.0. The van der Waals surface area contributed by atoms with Crippen LogP contribution < -0.4 is 5.32 Å². The Bertz CT molecular complexity index is 1110. The molecule has 0 rings (SSSR count). The van der Waals surface area contributed by atoms with Gasteiger partial charge in [0.15, 0.2) is 0 Å². The third-order valence-electron chi connectivity index (χ3n) is 8.67. The van der Waals surface area contributed by atoms with Crippen molar-refractivity contribution in [2.45, 2.75) is 208 Å². The normalized spacial score (nSPS) is 12.3. The molecule has 0 aromatic carbocycles. The number of carbonyl (C=O) groups is 4. The van der Waals surface area contributed by atoms with Crippen LogP contribution >= 0.6 is 7.60 Å². The lowest BCUT2D eigenvalue weighted by molar-refractivity contribution is -0.162. The van der Waals surface area contributed by atoms with E-state index in [0.717, 1.165) is 64.5 Å². The molecule has 0 bridgehead atoms. The summed E-state index contributed by atoms with van der Waals surface area (Å²) in [6.07, 6.45) is 14.0. The average molecular weight is 880 g/mol. The van der Waals surface area contributed by atoms with E-state index in [1.807, 2.05) is 13.8 Å². The number of rotatable bonds is 26. The highest BCUT2D eigenvalue weighted by Crippen LogP contribution is 2.49. The fourth-order valence-corrected chi connectivity index (χ4v) is 6.29. The van der Waals surface area contributed by atoms with Crippen molar-refractivity contribution in [2.75, 3.05) is 46.1 Å². The van der Waals surface area contributed by atoms with E-state index in [1.165, 1.54) is 19.3 Å². The van der Waals surface area contributed by atoms with E-state index in [2.05, 4.69) is 67.6 Å². The monoisotopic (exact) mass is 880 g/mol. The SMILES string of the molecule is CC(C)(C)CCCCCCP(=O)(OCOC(=O)C(C)(C)C)OCOC(=O)C(C)(C)C.CCOC(=O)CCCCCCC(C)(C)C.CCOC(=O)CCCNCCC(C)(C)C. The summed E-state index contributed by atoms with van der Waals surface area (Å²) < 4.78 is 43.5. The lowest BCUT2D eigenvalue weighted by Crippen LogP contribution is -2.25. The van der Waals surface area contributed by atoms with Gasteiger partial charge in [-0.2, -0.15) is 0 Å². The van der Waals surface area contributed by atoms with Gasteiger partial charge in [0.25, 0.3) is 0 Å². The van der Waals surface area contributed by atoms with E-state index in [4.69, 9.17) is 28.0 Å². The van der Waals surface area contributed by atoms with Crippen molar-refractivity contribution in [3.8, 4) is 0 Å². The summed E-state index contributed by atoms with van der Waals surface area (Å²) in [5.74, 6) is -1.06. The van der Waals surface area contributed by atoms with Crippen LogP contribution in [-0.4, -0.2) is 69.9 Å². The molecule has 0 aromatic rings. The maximum atomic E-state index is 13.0. The van der Waals surface area contributed by atoms with Gasteiger partial charge in [0.2, 0.25) is 13.6 Å². The quantitative estimate of drug-likeness (QED) is 0.0289. The Labute approximate surface area is 368 Å². The first-order valence-electron chi connectivity index (χ1n) is 22.6. The van der Waals surface area contributed by atoms with Gasteiger partial charge in [0.1, 0.15) is 0 Å². The third kappa shape index (κ3) is 45.5. The van der Waals surface area contributed by atoms with Gasteiger partial charge in [-0.25, -0.2) is 0 Å². The van der Waals surface area contributed by atoms with Crippen LogP contribution in [-0.2, 0) is 51.7 Å². The Balaban J connectivity index is -0.000000906. The molecule has 13 heteroatoms. The number of ether oxygens (including phenoxy) is 4. The minimum Gasteiger partial charge on any atom is -0.466 e. The van der Waals surface area contributed by atoms with Crippen molar-refractivity contribution in [1.82, 2.24) is 5.32 Å². The van der Waals surface area contributed by atoms with Crippen LogP contribution in [0.1, 0.15) is 208 Å². The first-order valence-corrected chi connectivity index (χ1v) is 24.3. The molecule has 12 nitrogen and oxygen atoms in total. The fraction of sp³-hybridized carbons (Fsp3) is 0.915. The van der Waals surface area contributed by atoms with Crippen LogP contribution in [0.25, 0.3) is 0 Å². The van der Waals surface area contributed by atoms with E-state index in [1.54, 1.807) is 41.5 Å². The van der Waals surface area contributed by atoms with Gasteiger partial charge in [-0.1, -0.05) is 101 Å². The Kier molecular flexibility index (Phi) is 33.9. The lowest BCUT2D eigenvalue weighted by Gasteiger charge is -2.22. The summed E-state index contributed by atoms with van der Waals surface area (Å²) in [5, 5.41) is 3.33. The van der Waals surface area contributed by atoms with Crippen LogP contribution in [0, 0.1) is 27.1 Å². The summed E-state index contributed by atoms with van der Waals surface area (Å²) in [6.45, 7) is 36.1. The Morgan fingerprint density at radius 3 is 1.18 bits per heavy atom. The third-order valence-corrected chi connectivity index (χ3v) is 10.5. The van der Waals surface area contributed by atoms with Crippen LogP contribution in [0.4, 0.5) is 0 Å². The molecule has 0 aliphatic heterocycles. The van der Waals surface area contributed by atoms with E-state index >= 15 is 0 Å².